The molecule has 0 bridgehead atoms. The molecule has 0 fully saturated rings. The first kappa shape index (κ1) is 23.0. The van der Waals surface area contributed by atoms with Gasteiger partial charge in [0.05, 0.1) is 29.1 Å². The number of aromatic amines is 2. The molecular formula is C26H18ClN9O3. The summed E-state index contributed by atoms with van der Waals surface area (Å²) in [6.45, 7) is 0. The van der Waals surface area contributed by atoms with Gasteiger partial charge in [-0.1, -0.05) is 17.7 Å². The van der Waals surface area contributed by atoms with Gasteiger partial charge in [0.2, 0.25) is 0 Å². The lowest BCUT2D eigenvalue weighted by molar-refractivity contribution is 0.0692. The van der Waals surface area contributed by atoms with Crippen LogP contribution in [0.4, 0.5) is 0 Å². The number of aromatic nitrogens is 9. The summed E-state index contributed by atoms with van der Waals surface area (Å²) in [7, 11) is 0. The maximum absolute atomic E-state index is 13.4. The molecule has 5 heterocycles. The second kappa shape index (κ2) is 8.74. The second-order valence-corrected chi connectivity index (χ2v) is 9.67. The van der Waals surface area contributed by atoms with E-state index < -0.39 is 5.97 Å². The van der Waals surface area contributed by atoms with Crippen molar-refractivity contribution in [3.8, 4) is 28.1 Å². The van der Waals surface area contributed by atoms with Crippen LogP contribution in [-0.4, -0.2) is 56.0 Å². The van der Waals surface area contributed by atoms with Gasteiger partial charge in [0.25, 0.3) is 5.56 Å². The highest BCUT2D eigenvalue weighted by Crippen LogP contribution is 2.34. The highest BCUT2D eigenvalue weighted by atomic mass is 35.5. The Morgan fingerprint density at radius 3 is 2.82 bits per heavy atom. The Balaban J connectivity index is 1.25. The van der Waals surface area contributed by atoms with Crippen LogP contribution in [0.5, 0.6) is 0 Å². The molecule has 0 saturated heterocycles. The number of fused-ring (bicyclic) bond motifs is 2. The number of nitrogens with zero attached hydrogens (tertiary/aromatic N) is 7. The van der Waals surface area contributed by atoms with E-state index in [1.807, 2.05) is 18.2 Å². The molecule has 1 aliphatic heterocycles. The summed E-state index contributed by atoms with van der Waals surface area (Å²) in [5.41, 5.74) is 4.98. The van der Waals surface area contributed by atoms with Gasteiger partial charge in [0.1, 0.15) is 12.2 Å². The standard InChI is InChI=1S/C26H18ClN9O3/c27-15-2-5-21(35-12-29-33-34-35)17(10-15)14-7-16-3-6-22(36(16)23(37)9-14)25-28-11-20(30-25)13-1-4-19-18(8-13)24(26(38)39)32-31-19/h1-2,4-5,7-12,22H,3,6H2,(H,28,30)(H,31,32)(H,38,39). The molecular weight excluding hydrogens is 522 g/mol. The van der Waals surface area contributed by atoms with E-state index in [0.29, 0.717) is 46.0 Å². The van der Waals surface area contributed by atoms with E-state index in [1.54, 1.807) is 41.1 Å². The largest absolute Gasteiger partial charge is 0.476 e. The Labute approximate surface area is 223 Å². The average molecular weight is 540 g/mol. The van der Waals surface area contributed by atoms with Gasteiger partial charge in [-0.25, -0.2) is 9.78 Å². The molecule has 1 atom stereocenters. The summed E-state index contributed by atoms with van der Waals surface area (Å²) in [5, 5.41) is 28.5. The lowest BCUT2D eigenvalue weighted by atomic mass is 10.0. The first-order valence-corrected chi connectivity index (χ1v) is 12.4. The Morgan fingerprint density at radius 1 is 1.10 bits per heavy atom. The van der Waals surface area contributed by atoms with Crippen molar-refractivity contribution in [3.05, 3.63) is 93.6 Å². The first-order chi connectivity index (χ1) is 19.0. The fourth-order valence-corrected chi connectivity index (χ4v) is 5.39. The molecule has 0 aliphatic carbocycles. The first-order valence-electron chi connectivity index (χ1n) is 12.0. The van der Waals surface area contributed by atoms with Gasteiger partial charge in [-0.15, -0.1) is 5.10 Å². The molecule has 1 aliphatic rings. The zero-order chi connectivity index (χ0) is 26.7. The third kappa shape index (κ3) is 3.80. The van der Waals surface area contributed by atoms with Gasteiger partial charge >= 0.3 is 5.97 Å². The van der Waals surface area contributed by atoms with E-state index in [2.05, 4.69) is 35.7 Å². The van der Waals surface area contributed by atoms with Gasteiger partial charge in [-0.3, -0.25) is 9.89 Å². The van der Waals surface area contributed by atoms with E-state index in [4.69, 9.17) is 11.6 Å². The summed E-state index contributed by atoms with van der Waals surface area (Å²) in [5.74, 6) is -0.450. The normalized spacial score (nSPS) is 14.6. The van der Waals surface area contributed by atoms with Crippen LogP contribution in [0.25, 0.3) is 39.0 Å². The number of benzene rings is 2. The molecule has 0 saturated carbocycles. The predicted octanol–water partition coefficient (Wildman–Crippen LogP) is 3.64. The van der Waals surface area contributed by atoms with Crippen molar-refractivity contribution in [2.75, 3.05) is 0 Å². The number of H-pyrrole nitrogens is 2. The molecule has 13 heteroatoms. The van der Waals surface area contributed by atoms with E-state index in [-0.39, 0.29) is 17.3 Å². The van der Waals surface area contributed by atoms with Gasteiger partial charge in [0, 0.05) is 33.3 Å². The molecule has 7 rings (SSSR count). The number of aromatic carboxylic acids is 1. The average Bonchev–Trinajstić information content (AvgIpc) is 3.73. The van der Waals surface area contributed by atoms with Crippen LogP contribution >= 0.6 is 11.6 Å². The summed E-state index contributed by atoms with van der Waals surface area (Å²) in [6.07, 6.45) is 4.57. The molecule has 39 heavy (non-hydrogen) atoms. The molecule has 0 spiro atoms. The molecule has 6 aromatic rings. The summed E-state index contributed by atoms with van der Waals surface area (Å²) >= 11 is 6.30. The van der Waals surface area contributed by atoms with Gasteiger partial charge in [-0.2, -0.15) is 9.78 Å². The van der Waals surface area contributed by atoms with Crippen molar-refractivity contribution in [3.63, 3.8) is 0 Å². The summed E-state index contributed by atoms with van der Waals surface area (Å²) in [4.78, 5) is 32.9. The number of rotatable bonds is 5. The Bertz CT molecular complexity index is 1960. The quantitative estimate of drug-likeness (QED) is 0.299. The van der Waals surface area contributed by atoms with Crippen LogP contribution in [-0.2, 0) is 6.42 Å². The SMILES string of the molecule is O=C(O)c1n[nH]c2ccc(-c3cnc(C4CCc5cc(-c6cc(Cl)ccc6-n6cnnn6)cc(=O)n54)[nH]3)cc12. The van der Waals surface area contributed by atoms with Crippen molar-refractivity contribution >= 4 is 28.5 Å². The van der Waals surface area contributed by atoms with E-state index in [9.17, 15) is 14.7 Å². The lowest BCUT2D eigenvalue weighted by Gasteiger charge is -2.15. The molecule has 3 N–H and O–H groups in total. The maximum Gasteiger partial charge on any atom is 0.357 e. The molecule has 0 amide bonds. The number of carboxylic acids is 1. The summed E-state index contributed by atoms with van der Waals surface area (Å²) < 4.78 is 3.29. The van der Waals surface area contributed by atoms with Crippen LogP contribution in [0.3, 0.4) is 0 Å². The molecule has 0 radical (unpaired) electrons. The smallest absolute Gasteiger partial charge is 0.357 e. The number of hydrogen-bond donors (Lipinski definition) is 3. The number of hydrogen-bond acceptors (Lipinski definition) is 7. The topological polar surface area (TPSA) is 160 Å². The predicted molar refractivity (Wildman–Crippen MR) is 141 cm³/mol. The zero-order valence-electron chi connectivity index (χ0n) is 20.0. The molecule has 2 aromatic carbocycles. The van der Waals surface area contributed by atoms with Gasteiger partial charge in [0.15, 0.2) is 5.69 Å². The van der Waals surface area contributed by atoms with Gasteiger partial charge < -0.3 is 14.7 Å². The number of aryl methyl sites for hydroxylation is 1. The van der Waals surface area contributed by atoms with E-state index in [1.165, 1.54) is 11.0 Å². The number of carbonyl (C=O) groups is 1. The van der Waals surface area contributed by atoms with Crippen molar-refractivity contribution in [1.82, 2.24) is 44.9 Å². The van der Waals surface area contributed by atoms with Crippen LogP contribution in [0.15, 0.2) is 65.8 Å². The lowest BCUT2D eigenvalue weighted by Crippen LogP contribution is -2.23. The molecule has 192 valence electrons. The second-order valence-electron chi connectivity index (χ2n) is 9.23. The van der Waals surface area contributed by atoms with Crippen molar-refractivity contribution in [2.24, 2.45) is 0 Å². The minimum atomic E-state index is -1.10. The van der Waals surface area contributed by atoms with Crippen molar-refractivity contribution in [2.45, 2.75) is 18.9 Å². The minimum absolute atomic E-state index is 0.0402. The Morgan fingerprint density at radius 2 is 2.00 bits per heavy atom. The molecule has 12 nitrogen and oxygen atoms in total. The fourth-order valence-electron chi connectivity index (χ4n) is 5.22. The van der Waals surface area contributed by atoms with Crippen LogP contribution in [0.1, 0.15) is 34.5 Å². The van der Waals surface area contributed by atoms with Crippen molar-refractivity contribution in [1.29, 1.82) is 0 Å². The number of tetrazole rings is 1. The monoisotopic (exact) mass is 539 g/mol. The van der Waals surface area contributed by atoms with Crippen molar-refractivity contribution < 1.29 is 9.90 Å². The fraction of sp³-hybridized carbons (Fsp3) is 0.115. The Hall–Kier alpha value is -5.10. The molecule has 1 unspecified atom stereocenters. The van der Waals surface area contributed by atoms with Crippen LogP contribution in [0, 0.1) is 0 Å². The third-order valence-electron chi connectivity index (χ3n) is 6.99. The number of carboxylic acid groups (broad SMARTS) is 1. The van der Waals surface area contributed by atoms with E-state index in [0.717, 1.165) is 22.4 Å². The van der Waals surface area contributed by atoms with Crippen LogP contribution < -0.4 is 5.56 Å². The highest BCUT2D eigenvalue weighted by molar-refractivity contribution is 6.31. The summed E-state index contributed by atoms with van der Waals surface area (Å²) in [6, 6.07) is 14.1. The highest BCUT2D eigenvalue weighted by Gasteiger charge is 2.28. The number of imidazole rings is 1. The Kier molecular flexibility index (Phi) is 5.16. The number of nitrogens with one attached hydrogen (secondary N) is 2. The van der Waals surface area contributed by atoms with E-state index >= 15 is 0 Å². The zero-order valence-corrected chi connectivity index (χ0v) is 20.8. The number of pyridine rings is 1. The van der Waals surface area contributed by atoms with Gasteiger partial charge in [-0.05, 0) is 65.2 Å². The molecule has 4 aromatic heterocycles. The number of halogens is 1. The minimum Gasteiger partial charge on any atom is -0.476 e. The maximum atomic E-state index is 13.4. The van der Waals surface area contributed by atoms with Crippen LogP contribution in [0.2, 0.25) is 5.02 Å². The third-order valence-corrected chi connectivity index (χ3v) is 7.22.